The Hall–Kier alpha value is -4.81. The van der Waals surface area contributed by atoms with Crippen molar-refractivity contribution in [2.24, 2.45) is 5.73 Å². The molecule has 1 heterocycles. The van der Waals surface area contributed by atoms with Crippen molar-refractivity contribution < 1.29 is 19.2 Å². The normalized spacial score (nSPS) is 16.7. The Morgan fingerprint density at radius 3 is 2.64 bits per heavy atom. The molecule has 2 aliphatic rings. The number of rotatable bonds is 7. The molecule has 9 nitrogen and oxygen atoms in total. The SMILES string of the molecule is COc1ccc([C@@H]2C(C#N)=C(N)N(c3ccc(Cl)cc3[N+](=O)[O-])C3=C2C(=O)CCC3)cc1COc1cccc(C)c1C. The lowest BCUT2D eigenvalue weighted by Crippen LogP contribution is -2.39. The van der Waals surface area contributed by atoms with Crippen molar-refractivity contribution in [3.8, 4) is 17.6 Å². The monoisotopic (exact) mass is 584 g/mol. The standard InChI is InChI=1S/C32H29ClN4O5/c1-18-6-4-9-28(19(18)2)42-17-21-14-20(10-13-29(21)41-3)30-23(16-34)32(35)36(25-7-5-8-27(38)31(25)30)24-12-11-22(33)15-26(24)37(39)40/h4,6,9-15,30H,5,7-8,17,35H2,1-3H3/t30-/m1/s1. The molecule has 0 radical (unpaired) electrons. The highest BCUT2D eigenvalue weighted by Crippen LogP contribution is 2.48. The van der Waals surface area contributed by atoms with E-state index in [-0.39, 0.29) is 40.2 Å². The number of ether oxygens (including phenoxy) is 2. The maximum absolute atomic E-state index is 13.6. The summed E-state index contributed by atoms with van der Waals surface area (Å²) in [4.78, 5) is 26.5. The van der Waals surface area contributed by atoms with Crippen LogP contribution < -0.4 is 20.1 Å². The summed E-state index contributed by atoms with van der Waals surface area (Å²) >= 11 is 6.07. The minimum Gasteiger partial charge on any atom is -0.496 e. The summed E-state index contributed by atoms with van der Waals surface area (Å²) in [5.74, 6) is 0.482. The van der Waals surface area contributed by atoms with E-state index in [1.54, 1.807) is 13.2 Å². The first-order valence-corrected chi connectivity index (χ1v) is 13.8. The van der Waals surface area contributed by atoms with Crippen molar-refractivity contribution in [1.82, 2.24) is 0 Å². The highest BCUT2D eigenvalue weighted by molar-refractivity contribution is 6.31. The highest BCUT2D eigenvalue weighted by atomic mass is 35.5. The summed E-state index contributed by atoms with van der Waals surface area (Å²) in [6, 6.07) is 17.8. The van der Waals surface area contributed by atoms with Crippen LogP contribution in [-0.4, -0.2) is 17.8 Å². The molecule has 0 bridgehead atoms. The molecule has 0 amide bonds. The van der Waals surface area contributed by atoms with Crippen LogP contribution in [0.1, 0.15) is 47.4 Å². The Morgan fingerprint density at radius 1 is 1.14 bits per heavy atom. The quantitative estimate of drug-likeness (QED) is 0.238. The third kappa shape index (κ3) is 5.06. The van der Waals surface area contributed by atoms with Gasteiger partial charge in [-0.1, -0.05) is 29.8 Å². The average molecular weight is 585 g/mol. The molecule has 0 saturated heterocycles. The highest BCUT2D eigenvalue weighted by Gasteiger charge is 2.42. The lowest BCUT2D eigenvalue weighted by Gasteiger charge is -2.39. The average Bonchev–Trinajstić information content (AvgIpc) is 2.97. The molecule has 1 atom stereocenters. The fraction of sp³-hybridized carbons (Fsp3) is 0.250. The van der Waals surface area contributed by atoms with E-state index in [9.17, 15) is 20.2 Å². The number of allylic oxidation sites excluding steroid dienone is 3. The van der Waals surface area contributed by atoms with Crippen LogP contribution >= 0.6 is 11.6 Å². The predicted molar refractivity (Wildman–Crippen MR) is 159 cm³/mol. The molecular formula is C32H29ClN4O5. The number of methoxy groups -OCH3 is 1. The fourth-order valence-electron chi connectivity index (χ4n) is 5.65. The van der Waals surface area contributed by atoms with Crippen LogP contribution in [0, 0.1) is 35.3 Å². The second-order valence-electron chi connectivity index (χ2n) is 10.3. The third-order valence-corrected chi connectivity index (χ3v) is 8.10. The van der Waals surface area contributed by atoms with E-state index in [2.05, 4.69) is 6.07 Å². The largest absolute Gasteiger partial charge is 0.496 e. The molecule has 10 heteroatoms. The predicted octanol–water partition coefficient (Wildman–Crippen LogP) is 6.76. The Labute approximate surface area is 248 Å². The molecule has 214 valence electrons. The number of nitro groups is 1. The van der Waals surface area contributed by atoms with Crippen LogP contribution in [0.15, 0.2) is 77.3 Å². The maximum atomic E-state index is 13.6. The summed E-state index contributed by atoms with van der Waals surface area (Å²) in [7, 11) is 1.57. The van der Waals surface area contributed by atoms with Crippen LogP contribution in [0.25, 0.3) is 0 Å². The molecule has 2 N–H and O–H groups in total. The summed E-state index contributed by atoms with van der Waals surface area (Å²) in [6.45, 7) is 4.20. The molecule has 3 aromatic carbocycles. The van der Waals surface area contributed by atoms with Crippen molar-refractivity contribution in [2.45, 2.75) is 45.6 Å². The fourth-order valence-corrected chi connectivity index (χ4v) is 5.82. The maximum Gasteiger partial charge on any atom is 0.294 e. The molecule has 0 aromatic heterocycles. The number of nitrogens with two attached hydrogens (primary N) is 1. The van der Waals surface area contributed by atoms with Gasteiger partial charge in [-0.25, -0.2) is 0 Å². The van der Waals surface area contributed by atoms with Crippen molar-refractivity contribution in [3.05, 3.63) is 115 Å². The molecular weight excluding hydrogens is 556 g/mol. The van der Waals surface area contributed by atoms with Crippen LogP contribution in [0.4, 0.5) is 11.4 Å². The number of aryl methyl sites for hydroxylation is 1. The van der Waals surface area contributed by atoms with E-state index in [4.69, 9.17) is 26.8 Å². The van der Waals surface area contributed by atoms with Gasteiger partial charge in [0.05, 0.1) is 29.6 Å². The van der Waals surface area contributed by atoms with Gasteiger partial charge in [-0.2, -0.15) is 5.26 Å². The first-order valence-electron chi connectivity index (χ1n) is 13.4. The third-order valence-electron chi connectivity index (χ3n) is 7.86. The minimum absolute atomic E-state index is 0.0328. The van der Waals surface area contributed by atoms with Crippen LogP contribution in [-0.2, 0) is 11.4 Å². The Bertz CT molecular complexity index is 1720. The zero-order valence-corrected chi connectivity index (χ0v) is 24.2. The summed E-state index contributed by atoms with van der Waals surface area (Å²) in [5.41, 5.74) is 11.1. The number of carbonyl (C=O) groups excluding carboxylic acids is 1. The van der Waals surface area contributed by atoms with Crippen LogP contribution in [0.5, 0.6) is 11.5 Å². The Kier molecular flexibility index (Phi) is 7.92. The zero-order chi connectivity index (χ0) is 30.1. The van der Waals surface area contributed by atoms with Crippen molar-refractivity contribution >= 4 is 28.8 Å². The number of hydrogen-bond acceptors (Lipinski definition) is 8. The molecule has 0 spiro atoms. The van der Waals surface area contributed by atoms with E-state index < -0.39 is 10.8 Å². The van der Waals surface area contributed by atoms with Gasteiger partial charge in [-0.15, -0.1) is 0 Å². The molecule has 42 heavy (non-hydrogen) atoms. The van der Waals surface area contributed by atoms with Gasteiger partial charge in [0.25, 0.3) is 5.69 Å². The van der Waals surface area contributed by atoms with Gasteiger partial charge in [0.1, 0.15) is 29.6 Å². The summed E-state index contributed by atoms with van der Waals surface area (Å²) in [6.07, 6.45) is 1.30. The first kappa shape index (κ1) is 28.7. The number of halogens is 1. The number of hydrogen-bond donors (Lipinski definition) is 1. The smallest absolute Gasteiger partial charge is 0.294 e. The van der Waals surface area contributed by atoms with Crippen LogP contribution in [0.3, 0.4) is 0 Å². The summed E-state index contributed by atoms with van der Waals surface area (Å²) in [5, 5.41) is 22.5. The Balaban J connectivity index is 1.64. The number of benzene rings is 3. The second-order valence-corrected chi connectivity index (χ2v) is 10.7. The van der Waals surface area contributed by atoms with E-state index in [1.165, 1.54) is 23.1 Å². The molecule has 1 aliphatic carbocycles. The van der Waals surface area contributed by atoms with Gasteiger partial charge in [-0.05, 0) is 73.7 Å². The van der Waals surface area contributed by atoms with Gasteiger partial charge in [-0.3, -0.25) is 19.8 Å². The van der Waals surface area contributed by atoms with Crippen molar-refractivity contribution in [2.75, 3.05) is 12.0 Å². The van der Waals surface area contributed by atoms with Crippen LogP contribution in [0.2, 0.25) is 5.02 Å². The van der Waals surface area contributed by atoms with Gasteiger partial charge in [0.15, 0.2) is 5.78 Å². The van der Waals surface area contributed by atoms with E-state index in [0.29, 0.717) is 41.8 Å². The molecule has 5 rings (SSSR count). The van der Waals surface area contributed by atoms with Crippen molar-refractivity contribution in [1.29, 1.82) is 5.26 Å². The first-order chi connectivity index (χ1) is 20.2. The number of nitrogens with zero attached hydrogens (tertiary/aromatic N) is 3. The van der Waals surface area contributed by atoms with E-state index in [0.717, 1.165) is 22.4 Å². The number of anilines is 1. The van der Waals surface area contributed by atoms with Gasteiger partial charge < -0.3 is 15.2 Å². The van der Waals surface area contributed by atoms with E-state index in [1.807, 2.05) is 44.2 Å². The molecule has 0 saturated carbocycles. The topological polar surface area (TPSA) is 132 Å². The molecule has 1 aliphatic heterocycles. The zero-order valence-electron chi connectivity index (χ0n) is 23.4. The Morgan fingerprint density at radius 2 is 1.93 bits per heavy atom. The lowest BCUT2D eigenvalue weighted by molar-refractivity contribution is -0.384. The number of Topliss-reactive ketones (excluding diaryl/α,β-unsaturated/α-hetero) is 1. The number of carbonyl (C=O) groups is 1. The lowest BCUT2D eigenvalue weighted by atomic mass is 9.75. The van der Waals surface area contributed by atoms with Crippen molar-refractivity contribution in [3.63, 3.8) is 0 Å². The van der Waals surface area contributed by atoms with Gasteiger partial charge in [0, 0.05) is 34.3 Å². The molecule has 0 fully saturated rings. The van der Waals surface area contributed by atoms with Gasteiger partial charge >= 0.3 is 0 Å². The molecule has 0 unspecified atom stereocenters. The number of nitriles is 1. The number of ketones is 1. The number of nitro benzene ring substituents is 1. The van der Waals surface area contributed by atoms with Gasteiger partial charge in [0.2, 0.25) is 0 Å². The second kappa shape index (κ2) is 11.6. The van der Waals surface area contributed by atoms with E-state index >= 15 is 0 Å². The summed E-state index contributed by atoms with van der Waals surface area (Å²) < 4.78 is 11.8. The minimum atomic E-state index is -0.759. The molecule has 3 aromatic rings.